The normalized spacial score (nSPS) is 11.7. The molecule has 1 aromatic heterocycles. The number of rotatable bonds is 8. The summed E-state index contributed by atoms with van der Waals surface area (Å²) in [5.41, 5.74) is 1.72. The van der Waals surface area contributed by atoms with E-state index in [1.165, 1.54) is 0 Å². The van der Waals surface area contributed by atoms with Crippen molar-refractivity contribution in [3.05, 3.63) is 58.9 Å². The molecule has 1 amide bonds. The highest BCUT2D eigenvalue weighted by atomic mass is 35.5. The Labute approximate surface area is 174 Å². The van der Waals surface area contributed by atoms with Gasteiger partial charge in [0.05, 0.1) is 20.3 Å². The minimum absolute atomic E-state index is 0.112. The summed E-state index contributed by atoms with van der Waals surface area (Å²) in [5, 5.41) is 7.55. The van der Waals surface area contributed by atoms with Crippen LogP contribution in [0.5, 0.6) is 11.5 Å². The van der Waals surface area contributed by atoms with E-state index in [2.05, 4.69) is 15.5 Å². The highest BCUT2D eigenvalue weighted by Crippen LogP contribution is 2.29. The average Bonchev–Trinajstić information content (AvgIpc) is 3.21. The van der Waals surface area contributed by atoms with Crippen LogP contribution in [0.25, 0.3) is 11.4 Å². The molecule has 29 heavy (non-hydrogen) atoms. The highest BCUT2D eigenvalue weighted by Gasteiger charge is 2.15. The van der Waals surface area contributed by atoms with Crippen molar-refractivity contribution in [2.24, 2.45) is 0 Å². The second-order valence-electron chi connectivity index (χ2n) is 6.42. The molecule has 3 aromatic rings. The molecule has 1 N–H and O–H groups in total. The predicted molar refractivity (Wildman–Crippen MR) is 109 cm³/mol. The molecule has 0 spiro atoms. The van der Waals surface area contributed by atoms with E-state index in [1.807, 2.05) is 37.3 Å². The second-order valence-corrected chi connectivity index (χ2v) is 6.86. The first-order chi connectivity index (χ1) is 14.0. The molecule has 7 nitrogen and oxygen atoms in total. The number of hydrogen-bond donors (Lipinski definition) is 1. The monoisotopic (exact) mass is 415 g/mol. The van der Waals surface area contributed by atoms with Crippen molar-refractivity contribution in [2.45, 2.75) is 25.8 Å². The van der Waals surface area contributed by atoms with Crippen LogP contribution in [0.4, 0.5) is 0 Å². The average molecular weight is 416 g/mol. The van der Waals surface area contributed by atoms with E-state index in [1.54, 1.807) is 26.4 Å². The van der Waals surface area contributed by atoms with E-state index in [0.717, 1.165) is 11.1 Å². The molecule has 1 heterocycles. The molecule has 0 bridgehead atoms. The van der Waals surface area contributed by atoms with E-state index in [4.69, 9.17) is 25.6 Å². The largest absolute Gasteiger partial charge is 0.493 e. The molecule has 0 aliphatic heterocycles. The van der Waals surface area contributed by atoms with Crippen molar-refractivity contribution < 1.29 is 18.8 Å². The SMILES string of the molecule is COc1ccc(C(C)NC(=O)CCc2nc(-c3ccc(Cl)cc3)no2)cc1OC. The molecular weight excluding hydrogens is 394 g/mol. The smallest absolute Gasteiger partial charge is 0.227 e. The summed E-state index contributed by atoms with van der Waals surface area (Å²) in [7, 11) is 3.16. The highest BCUT2D eigenvalue weighted by molar-refractivity contribution is 6.30. The number of hydrogen-bond acceptors (Lipinski definition) is 6. The molecular formula is C21H22ClN3O4. The minimum Gasteiger partial charge on any atom is -0.493 e. The number of methoxy groups -OCH3 is 2. The standard InChI is InChI=1S/C21H22ClN3O4/c1-13(15-6-9-17(27-2)18(12-15)28-3)23-19(26)10-11-20-24-21(25-29-20)14-4-7-16(22)8-5-14/h4-9,12-13H,10-11H2,1-3H3,(H,23,26). The van der Waals surface area contributed by atoms with Gasteiger partial charge in [0.15, 0.2) is 11.5 Å². The Balaban J connectivity index is 1.55. The Morgan fingerprint density at radius 3 is 2.55 bits per heavy atom. The molecule has 0 aliphatic rings. The number of halogens is 1. The molecule has 8 heteroatoms. The predicted octanol–water partition coefficient (Wildman–Crippen LogP) is 4.22. The van der Waals surface area contributed by atoms with Crippen LogP contribution in [0.15, 0.2) is 47.0 Å². The van der Waals surface area contributed by atoms with Crippen molar-refractivity contribution in [2.75, 3.05) is 14.2 Å². The van der Waals surface area contributed by atoms with Crippen LogP contribution in [-0.4, -0.2) is 30.3 Å². The first kappa shape index (κ1) is 20.7. The molecule has 2 aromatic carbocycles. The molecule has 0 aliphatic carbocycles. The van der Waals surface area contributed by atoms with Crippen molar-refractivity contribution in [3.8, 4) is 22.9 Å². The van der Waals surface area contributed by atoms with Gasteiger partial charge in [0.2, 0.25) is 17.6 Å². The third-order valence-electron chi connectivity index (χ3n) is 4.42. The third-order valence-corrected chi connectivity index (χ3v) is 4.67. The van der Waals surface area contributed by atoms with Crippen LogP contribution in [0.3, 0.4) is 0 Å². The summed E-state index contributed by atoms with van der Waals surface area (Å²) in [6, 6.07) is 12.5. The summed E-state index contributed by atoms with van der Waals surface area (Å²) in [6.07, 6.45) is 0.588. The van der Waals surface area contributed by atoms with Gasteiger partial charge >= 0.3 is 0 Å². The van der Waals surface area contributed by atoms with Gasteiger partial charge in [0.1, 0.15) is 0 Å². The molecule has 152 valence electrons. The van der Waals surface area contributed by atoms with Crippen LogP contribution >= 0.6 is 11.6 Å². The maximum atomic E-state index is 12.3. The summed E-state index contributed by atoms with van der Waals surface area (Å²) >= 11 is 5.88. The lowest BCUT2D eigenvalue weighted by atomic mass is 10.1. The Kier molecular flexibility index (Phi) is 6.72. The lowest BCUT2D eigenvalue weighted by molar-refractivity contribution is -0.121. The number of carbonyl (C=O) groups is 1. The fourth-order valence-corrected chi connectivity index (χ4v) is 2.94. The van der Waals surface area contributed by atoms with Crippen molar-refractivity contribution in [1.82, 2.24) is 15.5 Å². The summed E-state index contributed by atoms with van der Waals surface area (Å²) in [5.74, 6) is 2.02. The number of amides is 1. The van der Waals surface area contributed by atoms with E-state index in [9.17, 15) is 4.79 Å². The topological polar surface area (TPSA) is 86.5 Å². The number of ether oxygens (including phenoxy) is 2. The Bertz CT molecular complexity index is 972. The molecule has 3 rings (SSSR count). The maximum Gasteiger partial charge on any atom is 0.227 e. The van der Waals surface area contributed by atoms with Gasteiger partial charge in [-0.3, -0.25) is 4.79 Å². The van der Waals surface area contributed by atoms with Crippen LogP contribution in [-0.2, 0) is 11.2 Å². The van der Waals surface area contributed by atoms with Crippen molar-refractivity contribution in [1.29, 1.82) is 0 Å². The zero-order valence-corrected chi connectivity index (χ0v) is 17.2. The summed E-state index contributed by atoms with van der Waals surface area (Å²) in [6.45, 7) is 1.91. The van der Waals surface area contributed by atoms with Crippen molar-refractivity contribution in [3.63, 3.8) is 0 Å². The van der Waals surface area contributed by atoms with Gasteiger partial charge < -0.3 is 19.3 Å². The summed E-state index contributed by atoms with van der Waals surface area (Å²) < 4.78 is 15.8. The first-order valence-corrected chi connectivity index (χ1v) is 9.47. The van der Waals surface area contributed by atoms with E-state index in [-0.39, 0.29) is 18.4 Å². The van der Waals surface area contributed by atoms with Crippen LogP contribution in [0.1, 0.15) is 30.8 Å². The zero-order chi connectivity index (χ0) is 20.8. The van der Waals surface area contributed by atoms with Gasteiger partial charge in [-0.15, -0.1) is 0 Å². The molecule has 1 atom stereocenters. The van der Waals surface area contributed by atoms with Gasteiger partial charge in [0.25, 0.3) is 0 Å². The van der Waals surface area contributed by atoms with E-state index in [0.29, 0.717) is 34.7 Å². The number of nitrogens with zero attached hydrogens (tertiary/aromatic N) is 2. The van der Waals surface area contributed by atoms with Crippen molar-refractivity contribution >= 4 is 17.5 Å². The summed E-state index contributed by atoms with van der Waals surface area (Å²) in [4.78, 5) is 16.7. The fourth-order valence-electron chi connectivity index (χ4n) is 2.81. The molecule has 0 radical (unpaired) electrons. The quantitative estimate of drug-likeness (QED) is 0.592. The Morgan fingerprint density at radius 1 is 1.14 bits per heavy atom. The number of nitrogens with one attached hydrogen (secondary N) is 1. The maximum absolute atomic E-state index is 12.3. The lowest BCUT2D eigenvalue weighted by Gasteiger charge is -2.16. The number of benzene rings is 2. The number of aryl methyl sites for hydroxylation is 1. The second kappa shape index (κ2) is 9.43. The molecule has 0 saturated carbocycles. The van der Waals surface area contributed by atoms with Gasteiger partial charge in [0, 0.05) is 23.4 Å². The Hall–Kier alpha value is -3.06. The first-order valence-electron chi connectivity index (χ1n) is 9.10. The fraction of sp³-hybridized carbons (Fsp3) is 0.286. The van der Waals surface area contributed by atoms with Gasteiger partial charge in [-0.2, -0.15) is 4.98 Å². The number of carbonyl (C=O) groups excluding carboxylic acids is 1. The van der Waals surface area contributed by atoms with E-state index >= 15 is 0 Å². The van der Waals surface area contributed by atoms with Crippen LogP contribution < -0.4 is 14.8 Å². The molecule has 0 fully saturated rings. The molecule has 1 unspecified atom stereocenters. The van der Waals surface area contributed by atoms with E-state index < -0.39 is 0 Å². The van der Waals surface area contributed by atoms with Gasteiger partial charge in [-0.25, -0.2) is 0 Å². The zero-order valence-electron chi connectivity index (χ0n) is 16.4. The lowest BCUT2D eigenvalue weighted by Crippen LogP contribution is -2.26. The Morgan fingerprint density at radius 2 is 1.86 bits per heavy atom. The van der Waals surface area contributed by atoms with Gasteiger partial charge in [-0.1, -0.05) is 22.8 Å². The third kappa shape index (κ3) is 5.26. The van der Waals surface area contributed by atoms with Crippen LogP contribution in [0, 0.1) is 0 Å². The number of aromatic nitrogens is 2. The molecule has 0 saturated heterocycles. The minimum atomic E-state index is -0.186. The van der Waals surface area contributed by atoms with Gasteiger partial charge in [-0.05, 0) is 48.9 Å². The van der Waals surface area contributed by atoms with Crippen LogP contribution in [0.2, 0.25) is 5.02 Å².